The van der Waals surface area contributed by atoms with Crippen LogP contribution in [0.4, 0.5) is 24.5 Å². The van der Waals surface area contributed by atoms with Gasteiger partial charge in [0.15, 0.2) is 0 Å². The van der Waals surface area contributed by atoms with Gasteiger partial charge in [-0.2, -0.15) is 18.3 Å². The van der Waals surface area contributed by atoms with E-state index in [0.717, 1.165) is 30.5 Å². The van der Waals surface area contributed by atoms with Gasteiger partial charge in [0, 0.05) is 17.7 Å². The number of halogens is 3. The van der Waals surface area contributed by atoms with Crippen LogP contribution in [0.1, 0.15) is 11.1 Å². The zero-order chi connectivity index (χ0) is 17.0. The summed E-state index contributed by atoms with van der Waals surface area (Å²) in [6.45, 7) is 0. The van der Waals surface area contributed by atoms with E-state index in [9.17, 15) is 28.4 Å². The number of nitrogens with one attached hydrogen (secondary N) is 1. The van der Waals surface area contributed by atoms with Crippen LogP contribution in [0, 0.1) is 10.1 Å². The molecule has 0 spiro atoms. The van der Waals surface area contributed by atoms with E-state index in [1.54, 1.807) is 0 Å². The van der Waals surface area contributed by atoms with Crippen LogP contribution in [0.5, 0.6) is 5.75 Å². The number of anilines is 1. The second-order valence-electron chi connectivity index (χ2n) is 4.41. The summed E-state index contributed by atoms with van der Waals surface area (Å²) >= 11 is 0. The summed E-state index contributed by atoms with van der Waals surface area (Å²) in [6.07, 6.45) is -3.55. The first kappa shape index (κ1) is 16.3. The van der Waals surface area contributed by atoms with Crippen LogP contribution in [0.25, 0.3) is 0 Å². The van der Waals surface area contributed by atoms with Crippen molar-refractivity contribution in [3.8, 4) is 5.75 Å². The van der Waals surface area contributed by atoms with Crippen molar-refractivity contribution in [2.45, 2.75) is 6.18 Å². The lowest BCUT2D eigenvalue weighted by Gasteiger charge is -2.11. The van der Waals surface area contributed by atoms with Crippen LogP contribution >= 0.6 is 0 Å². The Hall–Kier alpha value is -3.10. The monoisotopic (exact) mass is 325 g/mol. The summed E-state index contributed by atoms with van der Waals surface area (Å²) in [6, 6.07) is 7.97. The highest BCUT2D eigenvalue weighted by molar-refractivity contribution is 5.85. The van der Waals surface area contributed by atoms with Crippen molar-refractivity contribution >= 4 is 17.6 Å². The molecule has 0 atom stereocenters. The summed E-state index contributed by atoms with van der Waals surface area (Å²) in [5.74, 6) is -0.287. The number of phenolic OH excluding ortho intramolecular Hbond substituents is 1. The van der Waals surface area contributed by atoms with Gasteiger partial charge < -0.3 is 5.11 Å². The SMILES string of the molecule is O=[N+]([O-])c1ccc(O)c(/C=N\Nc2ccccc2C(F)(F)F)c1. The number of alkyl halides is 3. The third-order valence-corrected chi connectivity index (χ3v) is 2.84. The Kier molecular flexibility index (Phi) is 4.49. The van der Waals surface area contributed by atoms with Gasteiger partial charge in [-0.3, -0.25) is 15.5 Å². The van der Waals surface area contributed by atoms with E-state index < -0.39 is 16.7 Å². The summed E-state index contributed by atoms with van der Waals surface area (Å²) < 4.78 is 38.4. The predicted molar refractivity (Wildman–Crippen MR) is 77.4 cm³/mol. The summed E-state index contributed by atoms with van der Waals surface area (Å²) in [7, 11) is 0. The number of nitrogens with zero attached hydrogens (tertiary/aromatic N) is 2. The normalized spacial score (nSPS) is 11.6. The predicted octanol–water partition coefficient (Wildman–Crippen LogP) is 3.77. The first-order chi connectivity index (χ1) is 10.8. The maximum Gasteiger partial charge on any atom is 0.418 e. The molecule has 0 heterocycles. The van der Waals surface area contributed by atoms with E-state index >= 15 is 0 Å². The van der Waals surface area contributed by atoms with E-state index in [4.69, 9.17) is 0 Å². The number of benzene rings is 2. The van der Waals surface area contributed by atoms with Gasteiger partial charge in [-0.1, -0.05) is 12.1 Å². The molecule has 0 bridgehead atoms. The van der Waals surface area contributed by atoms with Crippen LogP contribution in [-0.4, -0.2) is 16.2 Å². The molecule has 0 aromatic heterocycles. The molecule has 23 heavy (non-hydrogen) atoms. The highest BCUT2D eigenvalue weighted by Gasteiger charge is 2.33. The van der Waals surface area contributed by atoms with Gasteiger partial charge in [-0.25, -0.2) is 0 Å². The molecule has 0 aliphatic carbocycles. The summed E-state index contributed by atoms with van der Waals surface area (Å²) in [5.41, 5.74) is 0.752. The lowest BCUT2D eigenvalue weighted by Crippen LogP contribution is -2.08. The van der Waals surface area contributed by atoms with Crippen molar-refractivity contribution in [1.29, 1.82) is 0 Å². The topological polar surface area (TPSA) is 87.8 Å². The van der Waals surface area contributed by atoms with Crippen LogP contribution in [-0.2, 0) is 6.18 Å². The quantitative estimate of drug-likeness (QED) is 0.509. The van der Waals surface area contributed by atoms with Gasteiger partial charge >= 0.3 is 6.18 Å². The Morgan fingerprint density at radius 1 is 1.22 bits per heavy atom. The van der Waals surface area contributed by atoms with Crippen molar-refractivity contribution in [1.82, 2.24) is 0 Å². The van der Waals surface area contributed by atoms with Crippen molar-refractivity contribution in [3.05, 3.63) is 63.7 Å². The number of aromatic hydroxyl groups is 1. The number of para-hydroxylation sites is 1. The second-order valence-corrected chi connectivity index (χ2v) is 4.41. The summed E-state index contributed by atoms with van der Waals surface area (Å²) in [4.78, 5) is 9.99. The molecule has 0 aliphatic rings. The number of hydrogen-bond acceptors (Lipinski definition) is 5. The third-order valence-electron chi connectivity index (χ3n) is 2.84. The largest absolute Gasteiger partial charge is 0.507 e. The van der Waals surface area contributed by atoms with Gasteiger partial charge in [-0.15, -0.1) is 0 Å². The highest BCUT2D eigenvalue weighted by atomic mass is 19.4. The molecule has 2 aromatic rings. The van der Waals surface area contributed by atoms with E-state index in [1.165, 1.54) is 18.2 Å². The van der Waals surface area contributed by atoms with Crippen molar-refractivity contribution in [3.63, 3.8) is 0 Å². The van der Waals surface area contributed by atoms with Gasteiger partial charge in [0.25, 0.3) is 5.69 Å². The lowest BCUT2D eigenvalue weighted by molar-refractivity contribution is -0.384. The number of rotatable bonds is 4. The molecule has 0 unspecified atom stereocenters. The minimum absolute atomic E-state index is 0.00353. The fraction of sp³-hybridized carbons (Fsp3) is 0.0714. The number of hydrazone groups is 1. The molecule has 9 heteroatoms. The van der Waals surface area contributed by atoms with Crippen LogP contribution < -0.4 is 5.43 Å². The number of hydrogen-bond donors (Lipinski definition) is 2. The third kappa shape index (κ3) is 3.96. The summed E-state index contributed by atoms with van der Waals surface area (Å²) in [5, 5.41) is 23.8. The molecule has 0 amide bonds. The molecule has 0 radical (unpaired) electrons. The van der Waals surface area contributed by atoms with E-state index in [-0.39, 0.29) is 22.7 Å². The second kappa shape index (κ2) is 6.34. The minimum atomic E-state index is -4.55. The minimum Gasteiger partial charge on any atom is -0.507 e. The first-order valence-corrected chi connectivity index (χ1v) is 6.22. The molecule has 0 aliphatic heterocycles. The van der Waals surface area contributed by atoms with Crippen molar-refractivity contribution in [2.24, 2.45) is 5.10 Å². The zero-order valence-electron chi connectivity index (χ0n) is 11.4. The molecule has 2 N–H and O–H groups in total. The number of phenols is 1. The molecule has 0 saturated carbocycles. The molecule has 0 fully saturated rings. The fourth-order valence-corrected chi connectivity index (χ4v) is 1.76. The van der Waals surface area contributed by atoms with Gasteiger partial charge in [0.1, 0.15) is 5.75 Å². The van der Waals surface area contributed by atoms with Gasteiger partial charge in [0.2, 0.25) is 0 Å². The van der Waals surface area contributed by atoms with Crippen LogP contribution in [0.3, 0.4) is 0 Å². The Bertz CT molecular complexity index is 760. The highest BCUT2D eigenvalue weighted by Crippen LogP contribution is 2.34. The average Bonchev–Trinajstić information content (AvgIpc) is 2.48. The maximum atomic E-state index is 12.8. The molecular formula is C14H10F3N3O3. The average molecular weight is 325 g/mol. The van der Waals surface area contributed by atoms with E-state index in [2.05, 4.69) is 10.5 Å². The van der Waals surface area contributed by atoms with Gasteiger partial charge in [-0.05, 0) is 18.2 Å². The fourth-order valence-electron chi connectivity index (χ4n) is 1.76. The van der Waals surface area contributed by atoms with Crippen molar-refractivity contribution in [2.75, 3.05) is 5.43 Å². The van der Waals surface area contributed by atoms with Crippen molar-refractivity contribution < 1.29 is 23.2 Å². The molecule has 0 saturated heterocycles. The maximum absolute atomic E-state index is 12.8. The smallest absolute Gasteiger partial charge is 0.418 e. The molecule has 6 nitrogen and oxygen atoms in total. The number of non-ortho nitro benzene ring substituents is 1. The Labute approximate surface area is 128 Å². The van der Waals surface area contributed by atoms with E-state index in [0.29, 0.717) is 0 Å². The standard InChI is InChI=1S/C14H10F3N3O3/c15-14(16,17)11-3-1-2-4-12(11)19-18-8-9-7-10(20(22)23)5-6-13(9)21/h1-8,19,21H/b18-8-. The first-order valence-electron chi connectivity index (χ1n) is 6.22. The molecule has 120 valence electrons. The zero-order valence-corrected chi connectivity index (χ0v) is 11.4. The Morgan fingerprint density at radius 3 is 2.57 bits per heavy atom. The Balaban J connectivity index is 2.24. The molecule has 2 rings (SSSR count). The van der Waals surface area contributed by atoms with Crippen LogP contribution in [0.15, 0.2) is 47.6 Å². The van der Waals surface area contributed by atoms with Crippen LogP contribution in [0.2, 0.25) is 0 Å². The van der Waals surface area contributed by atoms with Gasteiger partial charge in [0.05, 0.1) is 22.4 Å². The lowest BCUT2D eigenvalue weighted by atomic mass is 10.2. The number of nitro groups is 1. The molecule has 2 aromatic carbocycles. The number of nitro benzene ring substituents is 1. The van der Waals surface area contributed by atoms with E-state index in [1.807, 2.05) is 0 Å². The molecular weight excluding hydrogens is 315 g/mol. The Morgan fingerprint density at radius 2 is 1.91 bits per heavy atom.